The maximum Gasteiger partial charge on any atom is 0.407 e. The summed E-state index contributed by atoms with van der Waals surface area (Å²) in [4.78, 5) is 16.0. The molecule has 0 aliphatic carbocycles. The Kier molecular flexibility index (Phi) is 8.07. The van der Waals surface area contributed by atoms with Crippen LogP contribution in [-0.2, 0) is 17.7 Å². The highest BCUT2D eigenvalue weighted by molar-refractivity contribution is 5.67. The number of nitrogens with zero attached hydrogens (tertiary/aromatic N) is 2. The summed E-state index contributed by atoms with van der Waals surface area (Å²) in [6, 6.07) is 0. The van der Waals surface area contributed by atoms with Crippen LogP contribution in [0.1, 0.15) is 58.8 Å². The van der Waals surface area contributed by atoms with Gasteiger partial charge in [-0.1, -0.05) is 20.8 Å². The minimum atomic E-state index is -0.458. The third-order valence-corrected chi connectivity index (χ3v) is 2.80. The summed E-state index contributed by atoms with van der Waals surface area (Å²) in [6.07, 6.45) is 0.569. The first-order chi connectivity index (χ1) is 9.74. The molecule has 0 spiro atoms. The SMILES string of the molecule is CC.CCc1c(C)nc(C)n1CCNC(=O)OC(C)(C)C. The number of carbonyl (C=O) groups is 1. The molecule has 1 aromatic rings. The van der Waals surface area contributed by atoms with Gasteiger partial charge < -0.3 is 14.6 Å². The molecule has 0 radical (unpaired) electrons. The van der Waals surface area contributed by atoms with Crippen molar-refractivity contribution in [2.24, 2.45) is 0 Å². The first kappa shape index (κ1) is 19.5. The largest absolute Gasteiger partial charge is 0.444 e. The van der Waals surface area contributed by atoms with Crippen molar-refractivity contribution >= 4 is 6.09 Å². The third kappa shape index (κ3) is 6.65. The highest BCUT2D eigenvalue weighted by Gasteiger charge is 2.16. The summed E-state index contributed by atoms with van der Waals surface area (Å²) < 4.78 is 7.34. The minimum Gasteiger partial charge on any atom is -0.444 e. The van der Waals surface area contributed by atoms with Crippen LogP contribution in [0, 0.1) is 13.8 Å². The Bertz CT molecular complexity index is 445. The number of carbonyl (C=O) groups excluding carboxylic acids is 1. The van der Waals surface area contributed by atoms with Gasteiger partial charge in [-0.15, -0.1) is 0 Å². The Balaban J connectivity index is 0.00000191. The van der Waals surface area contributed by atoms with Crippen LogP contribution in [0.2, 0.25) is 0 Å². The van der Waals surface area contributed by atoms with Crippen LogP contribution < -0.4 is 5.32 Å². The molecule has 0 atom stereocenters. The Labute approximate surface area is 129 Å². The highest BCUT2D eigenvalue weighted by atomic mass is 16.6. The monoisotopic (exact) mass is 297 g/mol. The Morgan fingerprint density at radius 1 is 1.29 bits per heavy atom. The zero-order valence-electron chi connectivity index (χ0n) is 14.8. The number of hydrogen-bond acceptors (Lipinski definition) is 3. The smallest absolute Gasteiger partial charge is 0.407 e. The second-order valence-corrected chi connectivity index (χ2v) is 5.62. The number of hydrogen-bond donors (Lipinski definition) is 1. The summed E-state index contributed by atoms with van der Waals surface area (Å²) in [6.45, 7) is 16.9. The molecule has 21 heavy (non-hydrogen) atoms. The molecule has 0 saturated heterocycles. The van der Waals surface area contributed by atoms with E-state index in [0.29, 0.717) is 6.54 Å². The Hall–Kier alpha value is -1.52. The number of amides is 1. The number of ether oxygens (including phenoxy) is 1. The van der Waals surface area contributed by atoms with Gasteiger partial charge in [0.1, 0.15) is 11.4 Å². The van der Waals surface area contributed by atoms with Gasteiger partial charge in [-0.25, -0.2) is 9.78 Å². The van der Waals surface area contributed by atoms with Gasteiger partial charge in [-0.3, -0.25) is 0 Å². The van der Waals surface area contributed by atoms with Crippen LogP contribution in [0.5, 0.6) is 0 Å². The molecule has 1 amide bonds. The maximum atomic E-state index is 11.5. The fourth-order valence-corrected chi connectivity index (χ4v) is 2.09. The quantitative estimate of drug-likeness (QED) is 0.923. The second-order valence-electron chi connectivity index (χ2n) is 5.62. The molecule has 0 bridgehead atoms. The van der Waals surface area contributed by atoms with Crippen molar-refractivity contribution in [2.75, 3.05) is 6.54 Å². The fourth-order valence-electron chi connectivity index (χ4n) is 2.09. The van der Waals surface area contributed by atoms with Crippen molar-refractivity contribution in [3.63, 3.8) is 0 Å². The average Bonchev–Trinajstić information content (AvgIpc) is 2.64. The number of aromatic nitrogens is 2. The summed E-state index contributed by atoms with van der Waals surface area (Å²) >= 11 is 0. The van der Waals surface area contributed by atoms with Crippen molar-refractivity contribution in [2.45, 2.75) is 74.0 Å². The van der Waals surface area contributed by atoms with E-state index >= 15 is 0 Å². The van der Waals surface area contributed by atoms with Crippen LogP contribution in [0.3, 0.4) is 0 Å². The van der Waals surface area contributed by atoms with Crippen molar-refractivity contribution in [3.8, 4) is 0 Å². The molecule has 5 heteroatoms. The molecule has 0 aliphatic rings. The lowest BCUT2D eigenvalue weighted by molar-refractivity contribution is 0.0526. The number of alkyl carbamates (subject to hydrolysis) is 1. The summed E-state index contributed by atoms with van der Waals surface area (Å²) in [7, 11) is 0. The maximum absolute atomic E-state index is 11.5. The molecule has 1 rings (SSSR count). The van der Waals surface area contributed by atoms with Crippen LogP contribution in [0.4, 0.5) is 4.79 Å². The molecule has 1 heterocycles. The topological polar surface area (TPSA) is 56.2 Å². The van der Waals surface area contributed by atoms with Crippen LogP contribution in [0.25, 0.3) is 0 Å². The van der Waals surface area contributed by atoms with Gasteiger partial charge in [0.2, 0.25) is 0 Å². The van der Waals surface area contributed by atoms with E-state index < -0.39 is 5.60 Å². The van der Waals surface area contributed by atoms with E-state index in [0.717, 1.165) is 24.5 Å². The molecular formula is C16H31N3O2. The lowest BCUT2D eigenvalue weighted by Crippen LogP contribution is -2.34. The van der Waals surface area contributed by atoms with E-state index in [1.54, 1.807) is 0 Å². The molecule has 0 fully saturated rings. The van der Waals surface area contributed by atoms with Crippen molar-refractivity contribution in [1.29, 1.82) is 0 Å². The zero-order chi connectivity index (χ0) is 16.6. The van der Waals surface area contributed by atoms with Gasteiger partial charge >= 0.3 is 6.09 Å². The Morgan fingerprint density at radius 2 is 1.86 bits per heavy atom. The molecule has 1 aromatic heterocycles. The molecule has 5 nitrogen and oxygen atoms in total. The lowest BCUT2D eigenvalue weighted by atomic mass is 10.2. The molecule has 1 N–H and O–H groups in total. The molecule has 0 aliphatic heterocycles. The van der Waals surface area contributed by atoms with E-state index in [1.807, 2.05) is 48.5 Å². The minimum absolute atomic E-state index is 0.375. The average molecular weight is 297 g/mol. The van der Waals surface area contributed by atoms with E-state index in [1.165, 1.54) is 5.69 Å². The third-order valence-electron chi connectivity index (χ3n) is 2.80. The Morgan fingerprint density at radius 3 is 2.33 bits per heavy atom. The van der Waals surface area contributed by atoms with Gasteiger partial charge in [0.25, 0.3) is 0 Å². The van der Waals surface area contributed by atoms with Crippen molar-refractivity contribution in [1.82, 2.24) is 14.9 Å². The highest BCUT2D eigenvalue weighted by Crippen LogP contribution is 2.11. The predicted octanol–water partition coefficient (Wildman–Crippen LogP) is 3.61. The van der Waals surface area contributed by atoms with Gasteiger partial charge in [-0.05, 0) is 41.0 Å². The van der Waals surface area contributed by atoms with Gasteiger partial charge in [0.15, 0.2) is 0 Å². The van der Waals surface area contributed by atoms with Gasteiger partial charge in [0, 0.05) is 18.8 Å². The van der Waals surface area contributed by atoms with E-state index in [9.17, 15) is 4.79 Å². The van der Waals surface area contributed by atoms with E-state index in [4.69, 9.17) is 4.74 Å². The molecule has 122 valence electrons. The first-order valence-corrected chi connectivity index (χ1v) is 7.74. The standard InChI is InChI=1S/C14H25N3O2.C2H6/c1-7-12-10(2)16-11(3)17(12)9-8-15-13(18)19-14(4,5)6;1-2/h7-9H2,1-6H3,(H,15,18);1-2H3. The van der Waals surface area contributed by atoms with Gasteiger partial charge in [0.05, 0.1) is 5.69 Å². The zero-order valence-corrected chi connectivity index (χ0v) is 14.8. The number of nitrogens with one attached hydrogen (secondary N) is 1. The molecular weight excluding hydrogens is 266 g/mol. The lowest BCUT2D eigenvalue weighted by Gasteiger charge is -2.20. The number of imidazole rings is 1. The molecule has 0 unspecified atom stereocenters. The summed E-state index contributed by atoms with van der Waals surface area (Å²) in [5.41, 5.74) is 1.83. The molecule has 0 saturated carbocycles. The number of aryl methyl sites for hydroxylation is 2. The summed E-state index contributed by atoms with van der Waals surface area (Å²) in [5.74, 6) is 0.986. The molecule has 0 aromatic carbocycles. The van der Waals surface area contributed by atoms with Crippen molar-refractivity contribution in [3.05, 3.63) is 17.2 Å². The first-order valence-electron chi connectivity index (χ1n) is 7.74. The van der Waals surface area contributed by atoms with Crippen LogP contribution in [0.15, 0.2) is 0 Å². The van der Waals surface area contributed by atoms with E-state index in [2.05, 4.69) is 21.8 Å². The second kappa shape index (κ2) is 8.70. The predicted molar refractivity (Wildman–Crippen MR) is 86.7 cm³/mol. The normalized spacial score (nSPS) is 10.7. The van der Waals surface area contributed by atoms with Gasteiger partial charge in [-0.2, -0.15) is 0 Å². The number of rotatable bonds is 4. The van der Waals surface area contributed by atoms with Crippen LogP contribution in [-0.4, -0.2) is 27.8 Å². The summed E-state index contributed by atoms with van der Waals surface area (Å²) in [5, 5.41) is 2.77. The van der Waals surface area contributed by atoms with Crippen molar-refractivity contribution < 1.29 is 9.53 Å². The van der Waals surface area contributed by atoms with E-state index in [-0.39, 0.29) is 6.09 Å². The fraction of sp³-hybridized carbons (Fsp3) is 0.750. The van der Waals surface area contributed by atoms with Crippen LogP contribution >= 0.6 is 0 Å².